The topological polar surface area (TPSA) is 76.0 Å². The van der Waals surface area contributed by atoms with E-state index in [0.717, 1.165) is 0 Å². The molecule has 0 bridgehead atoms. The Hall–Kier alpha value is -0.650. The Bertz CT molecular complexity index is 115. The van der Waals surface area contributed by atoms with Crippen LogP contribution in [-0.4, -0.2) is 48.7 Å². The maximum absolute atomic E-state index is 10.1. The molecule has 1 aliphatic rings. The Kier molecular flexibility index (Phi) is 6.64. The Morgan fingerprint density at radius 2 is 2.17 bits per heavy atom. The molecular weight excluding hydrogens is 164 g/mol. The van der Waals surface area contributed by atoms with Gasteiger partial charge in [-0.05, 0) is 6.92 Å². The van der Waals surface area contributed by atoms with Crippen molar-refractivity contribution in [3.05, 3.63) is 0 Å². The van der Waals surface area contributed by atoms with Gasteiger partial charge in [-0.1, -0.05) is 0 Å². The summed E-state index contributed by atoms with van der Waals surface area (Å²) in [6.07, 6.45) is -0.560. The molecule has 0 spiro atoms. The van der Waals surface area contributed by atoms with E-state index in [9.17, 15) is 4.79 Å². The molecule has 0 aromatic rings. The lowest BCUT2D eigenvalue weighted by atomic mass is 10.5. The van der Waals surface area contributed by atoms with E-state index in [-0.39, 0.29) is 19.2 Å². The van der Waals surface area contributed by atoms with Gasteiger partial charge in [-0.3, -0.25) is 0 Å². The second-order valence-corrected chi connectivity index (χ2v) is 2.30. The number of cyclic esters (lactones) is 1. The molecule has 0 radical (unpaired) electrons. The van der Waals surface area contributed by atoms with Gasteiger partial charge in [0.05, 0.1) is 19.3 Å². The van der Waals surface area contributed by atoms with E-state index in [2.05, 4.69) is 4.74 Å². The summed E-state index contributed by atoms with van der Waals surface area (Å²) in [5.74, 6) is -0.258. The second-order valence-electron chi connectivity index (χ2n) is 2.30. The number of hydrogen-bond donors (Lipinski definition) is 2. The third-order valence-electron chi connectivity index (χ3n) is 0.975. The van der Waals surface area contributed by atoms with Crippen LogP contribution in [0, 0.1) is 0 Å². The van der Waals surface area contributed by atoms with Gasteiger partial charge in [0.2, 0.25) is 0 Å². The highest BCUT2D eigenvalue weighted by Gasteiger charge is 2.06. The van der Waals surface area contributed by atoms with Crippen LogP contribution < -0.4 is 0 Å². The fraction of sp³-hybridized carbons (Fsp3) is 0.857. The SMILES string of the molecule is CC(O)CO.O=C1COCCO1. The van der Waals surface area contributed by atoms with E-state index in [1.54, 1.807) is 0 Å². The highest BCUT2D eigenvalue weighted by Crippen LogP contribution is 1.88. The van der Waals surface area contributed by atoms with Crippen molar-refractivity contribution in [1.29, 1.82) is 0 Å². The van der Waals surface area contributed by atoms with Crippen LogP contribution in [0.4, 0.5) is 0 Å². The van der Waals surface area contributed by atoms with Gasteiger partial charge in [-0.25, -0.2) is 4.79 Å². The molecule has 0 aromatic heterocycles. The zero-order valence-electron chi connectivity index (χ0n) is 7.02. The lowest BCUT2D eigenvalue weighted by Gasteiger charge is -2.09. The van der Waals surface area contributed by atoms with E-state index < -0.39 is 6.10 Å². The number of aliphatic hydroxyl groups is 2. The van der Waals surface area contributed by atoms with Gasteiger partial charge in [0.1, 0.15) is 13.2 Å². The third-order valence-corrected chi connectivity index (χ3v) is 0.975. The van der Waals surface area contributed by atoms with Gasteiger partial charge in [0.15, 0.2) is 0 Å². The molecule has 1 aliphatic heterocycles. The lowest BCUT2D eigenvalue weighted by molar-refractivity contribution is -0.159. The minimum atomic E-state index is -0.560. The molecule has 5 heteroatoms. The number of ether oxygens (including phenoxy) is 2. The van der Waals surface area contributed by atoms with Crippen molar-refractivity contribution in [3.63, 3.8) is 0 Å². The maximum atomic E-state index is 10.1. The summed E-state index contributed by atoms with van der Waals surface area (Å²) in [6.45, 7) is 2.48. The second kappa shape index (κ2) is 7.02. The Labute approximate surface area is 70.9 Å². The quantitative estimate of drug-likeness (QED) is 0.499. The highest BCUT2D eigenvalue weighted by atomic mass is 16.6. The molecule has 72 valence electrons. The predicted octanol–water partition coefficient (Wildman–Crippen LogP) is -1.08. The molecule has 2 N–H and O–H groups in total. The minimum absolute atomic E-state index is 0.125. The van der Waals surface area contributed by atoms with Crippen LogP contribution in [0.1, 0.15) is 6.92 Å². The van der Waals surface area contributed by atoms with Crippen molar-refractivity contribution in [2.24, 2.45) is 0 Å². The first-order valence-corrected chi connectivity index (χ1v) is 3.69. The fourth-order valence-electron chi connectivity index (χ4n) is 0.412. The molecule has 1 heterocycles. The Morgan fingerprint density at radius 3 is 2.33 bits per heavy atom. The van der Waals surface area contributed by atoms with E-state index >= 15 is 0 Å². The molecule has 1 atom stereocenters. The first kappa shape index (κ1) is 11.4. The molecule has 1 unspecified atom stereocenters. The van der Waals surface area contributed by atoms with Crippen LogP contribution in [0.2, 0.25) is 0 Å². The fourth-order valence-corrected chi connectivity index (χ4v) is 0.412. The maximum Gasteiger partial charge on any atom is 0.332 e. The first-order valence-electron chi connectivity index (χ1n) is 3.69. The smallest absolute Gasteiger partial charge is 0.332 e. The molecule has 1 saturated heterocycles. The normalized spacial score (nSPS) is 18.8. The molecule has 0 aliphatic carbocycles. The molecular formula is C7H14O5. The number of carbonyl (C=O) groups excluding carboxylic acids is 1. The molecule has 0 aromatic carbocycles. The number of hydrogen-bond acceptors (Lipinski definition) is 5. The average Bonchev–Trinajstić information content (AvgIpc) is 2.07. The molecule has 0 saturated carbocycles. The summed E-state index contributed by atoms with van der Waals surface area (Å²) in [7, 11) is 0. The van der Waals surface area contributed by atoms with Gasteiger partial charge in [0, 0.05) is 0 Å². The van der Waals surface area contributed by atoms with Gasteiger partial charge in [-0.2, -0.15) is 0 Å². The lowest BCUT2D eigenvalue weighted by Crippen LogP contribution is -2.22. The molecule has 0 amide bonds. The molecule has 1 fully saturated rings. The third kappa shape index (κ3) is 7.46. The molecule has 1 rings (SSSR count). The van der Waals surface area contributed by atoms with Crippen LogP contribution in [0.5, 0.6) is 0 Å². The summed E-state index contributed by atoms with van der Waals surface area (Å²) in [4.78, 5) is 10.1. The number of rotatable bonds is 1. The van der Waals surface area contributed by atoms with Crippen molar-refractivity contribution in [1.82, 2.24) is 0 Å². The largest absolute Gasteiger partial charge is 0.462 e. The van der Waals surface area contributed by atoms with E-state index in [0.29, 0.717) is 13.2 Å². The van der Waals surface area contributed by atoms with Crippen molar-refractivity contribution in [2.45, 2.75) is 13.0 Å². The van der Waals surface area contributed by atoms with Crippen molar-refractivity contribution >= 4 is 5.97 Å². The van der Waals surface area contributed by atoms with Crippen molar-refractivity contribution < 1.29 is 24.5 Å². The summed E-state index contributed by atoms with van der Waals surface area (Å²) < 4.78 is 9.22. The molecule has 12 heavy (non-hydrogen) atoms. The van der Waals surface area contributed by atoms with Gasteiger partial charge in [0.25, 0.3) is 0 Å². The van der Waals surface area contributed by atoms with E-state index in [4.69, 9.17) is 14.9 Å². The predicted molar refractivity (Wildman–Crippen MR) is 40.5 cm³/mol. The standard InChI is InChI=1S/C4H6O3.C3H8O2/c5-4-3-6-1-2-7-4;1-3(5)2-4/h1-3H2;3-5H,2H2,1H3. The molecule has 5 nitrogen and oxygen atoms in total. The zero-order valence-corrected chi connectivity index (χ0v) is 7.02. The summed E-state index contributed by atoms with van der Waals surface area (Å²) in [6, 6.07) is 0. The van der Waals surface area contributed by atoms with Crippen LogP contribution in [-0.2, 0) is 14.3 Å². The Morgan fingerprint density at radius 1 is 1.58 bits per heavy atom. The minimum Gasteiger partial charge on any atom is -0.462 e. The van der Waals surface area contributed by atoms with Crippen LogP contribution in [0.15, 0.2) is 0 Å². The zero-order chi connectivity index (χ0) is 9.40. The van der Waals surface area contributed by atoms with Crippen molar-refractivity contribution in [3.8, 4) is 0 Å². The number of esters is 1. The summed E-state index contributed by atoms with van der Waals surface area (Å²) in [5, 5.41) is 16.0. The van der Waals surface area contributed by atoms with E-state index in [1.165, 1.54) is 6.92 Å². The average molecular weight is 178 g/mol. The van der Waals surface area contributed by atoms with Crippen LogP contribution in [0.25, 0.3) is 0 Å². The van der Waals surface area contributed by atoms with Gasteiger partial charge >= 0.3 is 5.97 Å². The first-order chi connectivity index (χ1) is 5.66. The monoisotopic (exact) mass is 178 g/mol. The number of aliphatic hydroxyl groups excluding tert-OH is 2. The summed E-state index contributed by atoms with van der Waals surface area (Å²) in [5.41, 5.74) is 0. The van der Waals surface area contributed by atoms with Crippen molar-refractivity contribution in [2.75, 3.05) is 26.4 Å². The number of carbonyl (C=O) groups is 1. The Balaban J connectivity index is 0.000000217. The van der Waals surface area contributed by atoms with Crippen LogP contribution >= 0.6 is 0 Å². The summed E-state index contributed by atoms with van der Waals surface area (Å²) >= 11 is 0. The van der Waals surface area contributed by atoms with Gasteiger partial charge < -0.3 is 19.7 Å². The van der Waals surface area contributed by atoms with Gasteiger partial charge in [-0.15, -0.1) is 0 Å². The van der Waals surface area contributed by atoms with Crippen LogP contribution in [0.3, 0.4) is 0 Å². The van der Waals surface area contributed by atoms with E-state index in [1.807, 2.05) is 0 Å². The highest BCUT2D eigenvalue weighted by molar-refractivity contribution is 5.71.